The minimum Gasteiger partial charge on any atom is -0.494 e. The summed E-state index contributed by atoms with van der Waals surface area (Å²) in [5.74, 6) is -6.06. The number of ether oxygens (including phenoxy) is 1. The third kappa shape index (κ3) is 12.8. The summed E-state index contributed by atoms with van der Waals surface area (Å²) in [6, 6.07) is 1.65. The van der Waals surface area contributed by atoms with E-state index in [1.807, 2.05) is 0 Å². The smallest absolute Gasteiger partial charge is 0.305 e. The van der Waals surface area contributed by atoms with Crippen molar-refractivity contribution >= 4 is 41.5 Å². The van der Waals surface area contributed by atoms with Crippen molar-refractivity contribution in [1.82, 2.24) is 26.6 Å². The van der Waals surface area contributed by atoms with Crippen molar-refractivity contribution in [3.63, 3.8) is 0 Å². The molecule has 5 amide bonds. The van der Waals surface area contributed by atoms with Crippen LogP contribution in [0.2, 0.25) is 0 Å². The SMILES string of the molecule is CC(C)[C@@H]1NC(=O)[C@@H](C(C)c2ccc(OCCCN)cc2)NC(=O)[C@H](CC(=O)O)NC(=O)CNC(=O)[C@H](CCCN=C(N)N)NC1=O. The number of aliphatic imine (C=N–C) groups is 1. The molecule has 1 heterocycles. The molecule has 12 N–H and O–H groups in total. The summed E-state index contributed by atoms with van der Waals surface area (Å²) in [6.45, 7) is 5.49. The second kappa shape index (κ2) is 18.9. The monoisotopic (exact) mass is 661 g/mol. The lowest BCUT2D eigenvalue weighted by atomic mass is 9.91. The van der Waals surface area contributed by atoms with Gasteiger partial charge >= 0.3 is 5.97 Å². The Bertz CT molecular complexity index is 1280. The number of hydrogen-bond donors (Lipinski definition) is 9. The van der Waals surface area contributed by atoms with Gasteiger partial charge in [-0.05, 0) is 49.4 Å². The maximum Gasteiger partial charge on any atom is 0.305 e. The van der Waals surface area contributed by atoms with Crippen LogP contribution < -0.4 is 48.5 Å². The number of carboxylic acid groups (broad SMARTS) is 1. The minimum absolute atomic E-state index is 0.0853. The molecule has 17 heteroatoms. The highest BCUT2D eigenvalue weighted by molar-refractivity contribution is 5.98. The zero-order valence-electron chi connectivity index (χ0n) is 26.9. The average molecular weight is 662 g/mol. The molecule has 0 bridgehead atoms. The number of benzene rings is 1. The van der Waals surface area contributed by atoms with Crippen molar-refractivity contribution < 1.29 is 38.6 Å². The Morgan fingerprint density at radius 1 is 0.894 bits per heavy atom. The lowest BCUT2D eigenvalue weighted by Crippen LogP contribution is -2.60. The zero-order valence-corrected chi connectivity index (χ0v) is 26.9. The number of guanidine groups is 1. The number of nitrogens with zero attached hydrogens (tertiary/aromatic N) is 1. The van der Waals surface area contributed by atoms with Crippen molar-refractivity contribution in [3.8, 4) is 5.75 Å². The summed E-state index contributed by atoms with van der Waals surface area (Å²) in [5, 5.41) is 22.1. The van der Waals surface area contributed by atoms with Crippen molar-refractivity contribution in [2.24, 2.45) is 28.1 Å². The summed E-state index contributed by atoms with van der Waals surface area (Å²) in [7, 11) is 0. The van der Waals surface area contributed by atoms with Crippen LogP contribution in [0.5, 0.6) is 5.75 Å². The number of nitrogens with two attached hydrogens (primary N) is 3. The van der Waals surface area contributed by atoms with E-state index in [4.69, 9.17) is 21.9 Å². The van der Waals surface area contributed by atoms with Gasteiger partial charge in [0.2, 0.25) is 29.5 Å². The summed E-state index contributed by atoms with van der Waals surface area (Å²) < 4.78 is 5.64. The molecule has 1 aliphatic rings. The normalized spacial score (nSPS) is 21.9. The number of rotatable bonds is 13. The Labute approximate surface area is 273 Å². The third-order valence-electron chi connectivity index (χ3n) is 7.38. The van der Waals surface area contributed by atoms with Gasteiger partial charge < -0.3 is 53.6 Å². The molecule has 0 spiro atoms. The number of carbonyl (C=O) groups excluding carboxylic acids is 5. The van der Waals surface area contributed by atoms with Gasteiger partial charge in [0.15, 0.2) is 5.96 Å². The van der Waals surface area contributed by atoms with Crippen LogP contribution in [0.15, 0.2) is 29.3 Å². The molecule has 1 saturated heterocycles. The number of carbonyl (C=O) groups is 6. The van der Waals surface area contributed by atoms with Gasteiger partial charge in [-0.25, -0.2) is 0 Å². The molecule has 1 aromatic rings. The van der Waals surface area contributed by atoms with Crippen molar-refractivity contribution in [2.45, 2.75) is 76.5 Å². The van der Waals surface area contributed by atoms with E-state index in [1.54, 1.807) is 45.0 Å². The Morgan fingerprint density at radius 3 is 2.13 bits per heavy atom. The number of carboxylic acids is 1. The van der Waals surface area contributed by atoms with E-state index in [9.17, 15) is 33.9 Å². The minimum atomic E-state index is -1.58. The van der Waals surface area contributed by atoms with E-state index in [2.05, 4.69) is 31.6 Å². The van der Waals surface area contributed by atoms with Gasteiger partial charge in [0.05, 0.1) is 19.6 Å². The topological polar surface area (TPSA) is 282 Å². The molecule has 1 unspecified atom stereocenters. The van der Waals surface area contributed by atoms with Crippen LogP contribution in [0.3, 0.4) is 0 Å². The van der Waals surface area contributed by atoms with Crippen LogP contribution in [0.1, 0.15) is 57.9 Å². The number of nitrogens with one attached hydrogen (secondary N) is 5. The molecule has 2 rings (SSSR count). The van der Waals surface area contributed by atoms with Crippen LogP contribution in [0.4, 0.5) is 0 Å². The Kier molecular flexibility index (Phi) is 15.4. The Morgan fingerprint density at radius 2 is 1.53 bits per heavy atom. The fraction of sp³-hybridized carbons (Fsp3) is 0.567. The van der Waals surface area contributed by atoms with Gasteiger partial charge in [0.1, 0.15) is 29.9 Å². The van der Waals surface area contributed by atoms with Crippen LogP contribution in [0.25, 0.3) is 0 Å². The van der Waals surface area contributed by atoms with Gasteiger partial charge in [0.25, 0.3) is 0 Å². The molecule has 0 radical (unpaired) electrons. The van der Waals surface area contributed by atoms with Crippen molar-refractivity contribution in [3.05, 3.63) is 29.8 Å². The highest BCUT2D eigenvalue weighted by Gasteiger charge is 2.36. The standard InChI is InChI=1S/C30H47N9O8/c1-16(2)24-28(45)37-20(6-4-12-34-30(32)33)26(43)35-15-22(40)36-21(14-23(41)42)27(44)39-25(29(46)38-24)17(3)18-7-9-19(10-8-18)47-13-5-11-31/h7-10,16-17,20-21,24-25H,4-6,11-15,31H2,1-3H3,(H,35,43)(H,36,40)(H,37,45)(H,38,46)(H,39,44)(H,41,42)(H4,32,33,34)/t17?,20-,21-,24-,25+/m0/s1. The van der Waals surface area contributed by atoms with Gasteiger partial charge in [-0.2, -0.15) is 0 Å². The molecule has 47 heavy (non-hydrogen) atoms. The number of hydrogen-bond acceptors (Lipinski definition) is 9. The van der Waals surface area contributed by atoms with Crippen molar-refractivity contribution in [2.75, 3.05) is 26.2 Å². The lowest BCUT2D eigenvalue weighted by molar-refractivity contribution is -0.141. The van der Waals surface area contributed by atoms with Crippen LogP contribution in [0, 0.1) is 5.92 Å². The molecule has 1 aliphatic heterocycles. The van der Waals surface area contributed by atoms with Gasteiger partial charge in [-0.3, -0.25) is 33.8 Å². The van der Waals surface area contributed by atoms with E-state index in [-0.39, 0.29) is 25.3 Å². The molecular weight excluding hydrogens is 614 g/mol. The van der Waals surface area contributed by atoms with E-state index in [0.29, 0.717) is 30.9 Å². The first-order valence-electron chi connectivity index (χ1n) is 15.4. The van der Waals surface area contributed by atoms with E-state index in [1.165, 1.54) is 0 Å². The summed E-state index contributed by atoms with van der Waals surface area (Å²) in [5.41, 5.74) is 16.9. The molecule has 5 atom stereocenters. The molecular formula is C30H47N9O8. The molecule has 1 fully saturated rings. The Hall–Kier alpha value is -4.93. The predicted octanol–water partition coefficient (Wildman–Crippen LogP) is -2.23. The first-order chi connectivity index (χ1) is 22.2. The van der Waals surface area contributed by atoms with Crippen LogP contribution in [-0.2, 0) is 28.8 Å². The number of amides is 5. The fourth-order valence-electron chi connectivity index (χ4n) is 4.74. The third-order valence-corrected chi connectivity index (χ3v) is 7.38. The van der Waals surface area contributed by atoms with Gasteiger partial charge in [-0.1, -0.05) is 32.9 Å². The molecule has 0 aromatic heterocycles. The molecule has 17 nitrogen and oxygen atoms in total. The Balaban J connectivity index is 2.48. The van der Waals surface area contributed by atoms with Crippen molar-refractivity contribution in [1.29, 1.82) is 0 Å². The highest BCUT2D eigenvalue weighted by Crippen LogP contribution is 2.23. The van der Waals surface area contributed by atoms with E-state index >= 15 is 0 Å². The maximum atomic E-state index is 13.9. The average Bonchev–Trinajstić information content (AvgIpc) is 3.01. The zero-order chi connectivity index (χ0) is 35.1. The largest absolute Gasteiger partial charge is 0.494 e. The van der Waals surface area contributed by atoms with E-state index in [0.717, 1.165) is 0 Å². The molecule has 0 aliphatic carbocycles. The van der Waals surface area contributed by atoms with Crippen LogP contribution in [-0.4, -0.2) is 97.0 Å². The lowest BCUT2D eigenvalue weighted by Gasteiger charge is -2.30. The first kappa shape index (κ1) is 38.3. The summed E-state index contributed by atoms with van der Waals surface area (Å²) in [4.78, 5) is 82.1. The summed E-state index contributed by atoms with van der Waals surface area (Å²) >= 11 is 0. The molecule has 1 aromatic carbocycles. The van der Waals surface area contributed by atoms with Gasteiger partial charge in [0, 0.05) is 12.5 Å². The summed E-state index contributed by atoms with van der Waals surface area (Å²) in [6.07, 6.45) is 0.234. The first-order valence-corrected chi connectivity index (χ1v) is 15.4. The predicted molar refractivity (Wildman–Crippen MR) is 172 cm³/mol. The number of aliphatic carboxylic acids is 1. The highest BCUT2D eigenvalue weighted by atomic mass is 16.5. The molecule has 260 valence electrons. The second-order valence-corrected chi connectivity index (χ2v) is 11.5. The fourth-order valence-corrected chi connectivity index (χ4v) is 4.74. The van der Waals surface area contributed by atoms with E-state index < -0.39 is 84.5 Å². The molecule has 0 saturated carbocycles. The van der Waals surface area contributed by atoms with Crippen LogP contribution >= 0.6 is 0 Å². The van der Waals surface area contributed by atoms with Gasteiger partial charge in [-0.15, -0.1) is 0 Å². The quantitative estimate of drug-likeness (QED) is 0.0619. The second-order valence-electron chi connectivity index (χ2n) is 11.5. The maximum absolute atomic E-state index is 13.9.